The van der Waals surface area contributed by atoms with Gasteiger partial charge in [0.05, 0.1) is 22.7 Å². The molecule has 2 fully saturated rings. The number of likely N-dealkylation sites (tertiary alicyclic amines) is 1. The number of nitrogens with one attached hydrogen (secondary N) is 2. The van der Waals surface area contributed by atoms with E-state index in [1.165, 1.54) is 17.3 Å². The lowest BCUT2D eigenvalue weighted by atomic mass is 9.91. The second-order valence-corrected chi connectivity index (χ2v) is 12.3. The van der Waals surface area contributed by atoms with Crippen LogP contribution >= 0.6 is 0 Å². The molecule has 3 heterocycles. The largest absolute Gasteiger partial charge is 0.465 e. The summed E-state index contributed by atoms with van der Waals surface area (Å²) in [5.74, 6) is -3.16. The van der Waals surface area contributed by atoms with Gasteiger partial charge in [-0.3, -0.25) is 4.72 Å². The molecule has 2 aromatic heterocycles. The van der Waals surface area contributed by atoms with Crippen molar-refractivity contribution in [2.24, 2.45) is 5.92 Å². The van der Waals surface area contributed by atoms with E-state index in [1.807, 2.05) is 0 Å². The summed E-state index contributed by atoms with van der Waals surface area (Å²) in [5.41, 5.74) is 0.262. The SMILES string of the molecule is O=C(O)N1CCC[C@H](Nc2nccc(-c3cccnc3Oc3ccc(NS(=O)(=O)CC4CCCCC4)c(F)c3F)n2)C1. The number of carbonyl (C=O) groups is 1. The number of anilines is 2. The van der Waals surface area contributed by atoms with E-state index in [1.54, 1.807) is 18.2 Å². The van der Waals surface area contributed by atoms with Crippen LogP contribution in [0.25, 0.3) is 11.3 Å². The Morgan fingerprint density at radius 1 is 1.02 bits per heavy atom. The first kappa shape index (κ1) is 29.4. The number of pyridine rings is 1. The molecule has 14 heteroatoms. The third kappa shape index (κ3) is 7.22. The van der Waals surface area contributed by atoms with Gasteiger partial charge < -0.3 is 20.1 Å². The number of nitrogens with zero attached hydrogens (tertiary/aromatic N) is 4. The number of rotatable bonds is 9. The van der Waals surface area contributed by atoms with Gasteiger partial charge in [-0.2, -0.15) is 4.39 Å². The molecule has 3 N–H and O–H groups in total. The molecule has 1 saturated heterocycles. The quantitative estimate of drug-likeness (QED) is 0.289. The first-order valence-electron chi connectivity index (χ1n) is 13.9. The van der Waals surface area contributed by atoms with Crippen LogP contribution in [-0.4, -0.2) is 64.4 Å². The number of aromatic nitrogens is 3. The maximum atomic E-state index is 15.1. The second kappa shape index (κ2) is 12.8. The van der Waals surface area contributed by atoms with E-state index < -0.39 is 39.2 Å². The first-order chi connectivity index (χ1) is 20.2. The number of hydrogen-bond acceptors (Lipinski definition) is 8. The van der Waals surface area contributed by atoms with Gasteiger partial charge in [-0.05, 0) is 61.9 Å². The molecule has 42 heavy (non-hydrogen) atoms. The number of halogens is 2. The van der Waals surface area contributed by atoms with Crippen LogP contribution in [0, 0.1) is 17.6 Å². The Balaban J connectivity index is 1.31. The van der Waals surface area contributed by atoms with Crippen molar-refractivity contribution < 1.29 is 31.8 Å². The molecule has 0 radical (unpaired) electrons. The van der Waals surface area contributed by atoms with Gasteiger partial charge in [-0.25, -0.2) is 32.6 Å². The summed E-state index contributed by atoms with van der Waals surface area (Å²) >= 11 is 0. The molecule has 1 aromatic carbocycles. The Hall–Kier alpha value is -4.07. The van der Waals surface area contributed by atoms with Crippen LogP contribution < -0.4 is 14.8 Å². The number of hydrogen-bond donors (Lipinski definition) is 3. The van der Waals surface area contributed by atoms with E-state index in [4.69, 9.17) is 4.74 Å². The lowest BCUT2D eigenvalue weighted by Crippen LogP contribution is -2.44. The van der Waals surface area contributed by atoms with Crippen molar-refractivity contribution in [1.82, 2.24) is 19.9 Å². The zero-order valence-electron chi connectivity index (χ0n) is 22.8. The fraction of sp³-hybridized carbons (Fsp3) is 0.429. The molecule has 1 aliphatic carbocycles. The number of amides is 1. The highest BCUT2D eigenvalue weighted by Gasteiger charge is 2.26. The molecule has 11 nitrogen and oxygen atoms in total. The van der Waals surface area contributed by atoms with Crippen molar-refractivity contribution in [3.63, 3.8) is 0 Å². The average molecular weight is 603 g/mol. The maximum Gasteiger partial charge on any atom is 0.407 e. The molecule has 1 atom stereocenters. The van der Waals surface area contributed by atoms with Crippen LogP contribution in [0.4, 0.5) is 25.2 Å². The van der Waals surface area contributed by atoms with Gasteiger partial charge in [-0.15, -0.1) is 0 Å². The van der Waals surface area contributed by atoms with Crippen LogP contribution in [0.5, 0.6) is 11.6 Å². The summed E-state index contributed by atoms with van der Waals surface area (Å²) in [5, 5.41) is 12.5. The average Bonchev–Trinajstić information content (AvgIpc) is 2.98. The predicted octanol–water partition coefficient (Wildman–Crippen LogP) is 5.49. The van der Waals surface area contributed by atoms with Crippen molar-refractivity contribution in [2.45, 2.75) is 51.0 Å². The zero-order valence-corrected chi connectivity index (χ0v) is 23.6. The van der Waals surface area contributed by atoms with E-state index in [9.17, 15) is 22.7 Å². The van der Waals surface area contributed by atoms with E-state index in [0.29, 0.717) is 30.8 Å². The Morgan fingerprint density at radius 2 is 1.83 bits per heavy atom. The molecule has 0 bridgehead atoms. The van der Waals surface area contributed by atoms with Gasteiger partial charge in [0, 0.05) is 31.5 Å². The predicted molar refractivity (Wildman–Crippen MR) is 152 cm³/mol. The Kier molecular flexibility index (Phi) is 9.00. The van der Waals surface area contributed by atoms with Crippen LogP contribution in [0.15, 0.2) is 42.7 Å². The molecule has 3 aromatic rings. The molecule has 1 amide bonds. The van der Waals surface area contributed by atoms with Gasteiger partial charge >= 0.3 is 6.09 Å². The number of ether oxygens (including phenoxy) is 1. The Morgan fingerprint density at radius 3 is 2.62 bits per heavy atom. The van der Waals surface area contributed by atoms with E-state index in [2.05, 4.69) is 25.0 Å². The smallest absolute Gasteiger partial charge is 0.407 e. The molecule has 1 saturated carbocycles. The van der Waals surface area contributed by atoms with Crippen molar-refractivity contribution >= 4 is 27.8 Å². The summed E-state index contributed by atoms with van der Waals surface area (Å²) in [7, 11) is -3.87. The summed E-state index contributed by atoms with van der Waals surface area (Å²) in [6.07, 6.45) is 7.98. The van der Waals surface area contributed by atoms with Gasteiger partial charge in [0.1, 0.15) is 0 Å². The topological polar surface area (TPSA) is 147 Å². The van der Waals surface area contributed by atoms with E-state index in [-0.39, 0.29) is 29.5 Å². The van der Waals surface area contributed by atoms with Crippen molar-refractivity contribution in [2.75, 3.05) is 28.9 Å². The highest BCUT2D eigenvalue weighted by molar-refractivity contribution is 7.92. The van der Waals surface area contributed by atoms with Crippen LogP contribution in [0.2, 0.25) is 0 Å². The minimum atomic E-state index is -3.87. The van der Waals surface area contributed by atoms with Gasteiger partial charge in [0.25, 0.3) is 0 Å². The standard InChI is InChI=1S/C28H32F2N6O5S/c29-24-22(35-42(39,40)17-18-6-2-1-3-7-18)10-11-23(25(24)30)41-26-20(9-4-13-31-26)21-12-14-32-27(34-21)33-19-8-5-15-36(16-19)28(37)38/h4,9-14,18-19,35H,1-3,5-8,15-17H2,(H,37,38)(H,32,33,34)/t19-/m0/s1. The zero-order chi connectivity index (χ0) is 29.7. The third-order valence-electron chi connectivity index (χ3n) is 7.43. The molecule has 1 aliphatic heterocycles. The normalized spacial score (nSPS) is 18.0. The lowest BCUT2D eigenvalue weighted by molar-refractivity contribution is 0.132. The Labute approximate surface area is 242 Å². The molecular weight excluding hydrogens is 570 g/mol. The number of carboxylic acid groups (broad SMARTS) is 1. The lowest BCUT2D eigenvalue weighted by Gasteiger charge is -2.31. The summed E-state index contributed by atoms with van der Waals surface area (Å²) in [4.78, 5) is 25.6. The number of sulfonamides is 1. The van der Waals surface area contributed by atoms with Crippen molar-refractivity contribution in [3.8, 4) is 22.9 Å². The van der Waals surface area contributed by atoms with Gasteiger partial charge in [0.15, 0.2) is 11.6 Å². The highest BCUT2D eigenvalue weighted by atomic mass is 32.2. The van der Waals surface area contributed by atoms with E-state index in [0.717, 1.165) is 50.7 Å². The summed E-state index contributed by atoms with van der Waals surface area (Å²) in [6, 6.07) is 6.95. The third-order valence-corrected chi connectivity index (χ3v) is 8.87. The highest BCUT2D eigenvalue weighted by Crippen LogP contribution is 2.34. The molecular formula is C28H32F2N6O5S. The van der Waals surface area contributed by atoms with E-state index >= 15 is 4.39 Å². The number of benzene rings is 1. The fourth-order valence-electron chi connectivity index (χ4n) is 5.36. The van der Waals surface area contributed by atoms with Gasteiger partial charge in [0.2, 0.25) is 27.7 Å². The van der Waals surface area contributed by atoms with Gasteiger partial charge in [-0.1, -0.05) is 19.3 Å². The van der Waals surface area contributed by atoms with Crippen LogP contribution in [-0.2, 0) is 10.0 Å². The molecule has 224 valence electrons. The maximum absolute atomic E-state index is 15.1. The monoisotopic (exact) mass is 602 g/mol. The molecule has 0 unspecified atom stereocenters. The Bertz CT molecular complexity index is 1540. The van der Waals surface area contributed by atoms with Crippen molar-refractivity contribution in [1.29, 1.82) is 0 Å². The second-order valence-electron chi connectivity index (χ2n) is 10.6. The van der Waals surface area contributed by atoms with Crippen LogP contribution in [0.3, 0.4) is 0 Å². The molecule has 2 aliphatic rings. The molecule has 0 spiro atoms. The molecule has 5 rings (SSSR count). The van der Waals surface area contributed by atoms with Crippen LogP contribution in [0.1, 0.15) is 44.9 Å². The fourth-order valence-corrected chi connectivity index (χ4v) is 6.89. The van der Waals surface area contributed by atoms with Crippen molar-refractivity contribution in [3.05, 3.63) is 54.4 Å². The minimum absolute atomic E-state index is 0.00560. The number of piperidine rings is 1. The first-order valence-corrected chi connectivity index (χ1v) is 15.5. The summed E-state index contributed by atoms with van der Waals surface area (Å²) < 4.78 is 63.1. The minimum Gasteiger partial charge on any atom is -0.465 e. The summed E-state index contributed by atoms with van der Waals surface area (Å²) in [6.45, 7) is 0.761.